The number of carbonyl (C=O) groups is 2. The van der Waals surface area contributed by atoms with Crippen molar-refractivity contribution in [3.05, 3.63) is 54.6 Å². The van der Waals surface area contributed by atoms with Crippen LogP contribution in [-0.2, 0) is 19.1 Å². The summed E-state index contributed by atoms with van der Waals surface area (Å²) in [5, 5.41) is 9.39. The Hall–Kier alpha value is -2.28. The van der Waals surface area contributed by atoms with Gasteiger partial charge < -0.3 is 19.3 Å². The van der Waals surface area contributed by atoms with Crippen LogP contribution in [0.1, 0.15) is 41.5 Å². The average Bonchev–Trinajstić information content (AvgIpc) is 3.11. The highest BCUT2D eigenvalue weighted by Gasteiger charge is 2.37. The molecule has 0 aliphatic heterocycles. The van der Waals surface area contributed by atoms with Gasteiger partial charge in [0.05, 0.1) is 11.2 Å². The maximum absolute atomic E-state index is 11.7. The summed E-state index contributed by atoms with van der Waals surface area (Å²) in [7, 11) is 0. The van der Waals surface area contributed by atoms with E-state index in [0.29, 0.717) is 5.75 Å². The van der Waals surface area contributed by atoms with Gasteiger partial charge in [-0.1, -0.05) is 18.2 Å². The van der Waals surface area contributed by atoms with Gasteiger partial charge in [-0.2, -0.15) is 0 Å². The first-order chi connectivity index (χ1) is 13.9. The quantitative estimate of drug-likeness (QED) is 0.810. The van der Waals surface area contributed by atoms with E-state index in [4.69, 9.17) is 14.2 Å². The van der Waals surface area contributed by atoms with E-state index in [2.05, 4.69) is 0 Å². The Kier molecular flexibility index (Phi) is 7.75. The molecule has 0 aromatic heterocycles. The molecule has 6 heteroatoms. The molecule has 1 N–H and O–H groups in total. The molecule has 30 heavy (non-hydrogen) atoms. The maximum atomic E-state index is 11.7. The zero-order valence-corrected chi connectivity index (χ0v) is 18.5. The number of carbonyl (C=O) groups excluding carboxylic acids is 2. The van der Waals surface area contributed by atoms with Crippen molar-refractivity contribution >= 4 is 11.6 Å². The molecule has 3 rings (SSSR count). The number of benzene rings is 1. The van der Waals surface area contributed by atoms with Crippen LogP contribution in [0.5, 0.6) is 5.75 Å². The minimum Gasteiger partial charge on any atom is -0.479 e. The molecule has 4 unspecified atom stereocenters. The lowest BCUT2D eigenvalue weighted by Gasteiger charge is -2.31. The normalized spacial score (nSPS) is 26.0. The molecule has 0 amide bonds. The lowest BCUT2D eigenvalue weighted by molar-refractivity contribution is -0.158. The van der Waals surface area contributed by atoms with E-state index in [0.717, 1.165) is 0 Å². The standard InChI is InChI=1S/C13H22O3.C11H10O3/c1-12(2,3)15-10-8-7-9(14)11(10)16-13(4,5)6;12-9-6-7-10(13)11(9)14-8-4-2-1-3-5-8/h7-8,10-11H,1-6H3;1-7,9,11-12H. The van der Waals surface area contributed by atoms with Crippen LogP contribution in [0.15, 0.2) is 54.6 Å². The Balaban J connectivity index is 0.000000215. The van der Waals surface area contributed by atoms with Gasteiger partial charge >= 0.3 is 0 Å². The highest BCUT2D eigenvalue weighted by molar-refractivity contribution is 5.97. The van der Waals surface area contributed by atoms with Gasteiger partial charge in [0.25, 0.3) is 0 Å². The van der Waals surface area contributed by atoms with Crippen molar-refractivity contribution in [1.29, 1.82) is 0 Å². The largest absolute Gasteiger partial charge is 0.479 e. The van der Waals surface area contributed by atoms with E-state index in [1.165, 1.54) is 12.2 Å². The molecule has 2 aliphatic rings. The van der Waals surface area contributed by atoms with Crippen LogP contribution in [0.2, 0.25) is 0 Å². The zero-order chi connectivity index (χ0) is 22.5. The molecule has 1 aromatic carbocycles. The number of aliphatic hydroxyl groups is 1. The second-order valence-electron chi connectivity index (χ2n) is 9.21. The predicted octanol–water partition coefficient (Wildman–Crippen LogP) is 3.43. The van der Waals surface area contributed by atoms with E-state index >= 15 is 0 Å². The molecular formula is C24H32O6. The summed E-state index contributed by atoms with van der Waals surface area (Å²) in [5.41, 5.74) is -0.620. The van der Waals surface area contributed by atoms with Crippen LogP contribution in [0, 0.1) is 0 Å². The Morgan fingerprint density at radius 1 is 0.767 bits per heavy atom. The van der Waals surface area contributed by atoms with Crippen LogP contribution in [0.25, 0.3) is 0 Å². The Labute approximate surface area is 178 Å². The fourth-order valence-electron chi connectivity index (χ4n) is 2.89. The van der Waals surface area contributed by atoms with E-state index in [-0.39, 0.29) is 28.9 Å². The van der Waals surface area contributed by atoms with Gasteiger partial charge in [0.1, 0.15) is 18.0 Å². The smallest absolute Gasteiger partial charge is 0.198 e. The van der Waals surface area contributed by atoms with Gasteiger partial charge in [-0.05, 0) is 78.0 Å². The summed E-state index contributed by atoms with van der Waals surface area (Å²) in [6.07, 6.45) is 3.73. The molecule has 0 radical (unpaired) electrons. The molecule has 0 fully saturated rings. The van der Waals surface area contributed by atoms with Crippen molar-refractivity contribution in [2.75, 3.05) is 0 Å². The van der Waals surface area contributed by atoms with Crippen molar-refractivity contribution in [3.8, 4) is 5.75 Å². The summed E-state index contributed by atoms with van der Waals surface area (Å²) >= 11 is 0. The van der Waals surface area contributed by atoms with E-state index in [1.807, 2.05) is 59.7 Å². The molecule has 0 saturated heterocycles. The van der Waals surface area contributed by atoms with Gasteiger partial charge in [-0.3, -0.25) is 9.59 Å². The third kappa shape index (κ3) is 7.52. The second-order valence-corrected chi connectivity index (χ2v) is 9.21. The SMILES string of the molecule is CC(C)(C)OC1C=CC(=O)C1OC(C)(C)C.O=C1C=CC(O)C1Oc1ccccc1. The van der Waals surface area contributed by atoms with Gasteiger partial charge in [-0.25, -0.2) is 0 Å². The van der Waals surface area contributed by atoms with E-state index < -0.39 is 18.3 Å². The van der Waals surface area contributed by atoms with Crippen molar-refractivity contribution in [2.24, 2.45) is 0 Å². The van der Waals surface area contributed by atoms with Gasteiger partial charge in [-0.15, -0.1) is 0 Å². The number of ether oxygens (including phenoxy) is 3. The monoisotopic (exact) mass is 416 g/mol. The van der Waals surface area contributed by atoms with Crippen molar-refractivity contribution in [1.82, 2.24) is 0 Å². The number of para-hydroxylation sites is 1. The molecular weight excluding hydrogens is 384 g/mol. The molecule has 1 aromatic rings. The fourth-order valence-corrected chi connectivity index (χ4v) is 2.89. The van der Waals surface area contributed by atoms with Crippen LogP contribution in [0.4, 0.5) is 0 Å². The van der Waals surface area contributed by atoms with E-state index in [1.54, 1.807) is 24.3 Å². The molecule has 4 atom stereocenters. The molecule has 2 aliphatic carbocycles. The predicted molar refractivity (Wildman–Crippen MR) is 114 cm³/mol. The maximum Gasteiger partial charge on any atom is 0.198 e. The van der Waals surface area contributed by atoms with Crippen molar-refractivity contribution in [2.45, 2.75) is 77.2 Å². The molecule has 0 saturated carbocycles. The minimum atomic E-state index is -0.831. The third-order valence-electron chi connectivity index (χ3n) is 4.05. The number of hydrogen-bond acceptors (Lipinski definition) is 6. The number of hydrogen-bond donors (Lipinski definition) is 1. The fraction of sp³-hybridized carbons (Fsp3) is 0.500. The lowest BCUT2D eigenvalue weighted by Crippen LogP contribution is -2.41. The minimum absolute atomic E-state index is 0.0100. The average molecular weight is 417 g/mol. The number of ketones is 2. The Morgan fingerprint density at radius 2 is 1.30 bits per heavy atom. The molecule has 0 heterocycles. The zero-order valence-electron chi connectivity index (χ0n) is 18.5. The first-order valence-corrected chi connectivity index (χ1v) is 10.1. The summed E-state index contributed by atoms with van der Waals surface area (Å²) in [5.74, 6) is 0.388. The van der Waals surface area contributed by atoms with Crippen LogP contribution in [0.3, 0.4) is 0 Å². The highest BCUT2D eigenvalue weighted by atomic mass is 16.6. The Morgan fingerprint density at radius 3 is 1.80 bits per heavy atom. The molecule has 164 valence electrons. The first-order valence-electron chi connectivity index (χ1n) is 10.1. The number of rotatable bonds is 4. The summed E-state index contributed by atoms with van der Waals surface area (Å²) in [4.78, 5) is 22.9. The van der Waals surface area contributed by atoms with Crippen molar-refractivity contribution in [3.63, 3.8) is 0 Å². The summed E-state index contributed by atoms with van der Waals surface area (Å²) in [6.45, 7) is 11.7. The van der Waals surface area contributed by atoms with Crippen LogP contribution in [-0.4, -0.2) is 52.3 Å². The van der Waals surface area contributed by atoms with Gasteiger partial charge in [0.2, 0.25) is 0 Å². The second kappa shape index (κ2) is 9.69. The van der Waals surface area contributed by atoms with Crippen molar-refractivity contribution < 1.29 is 28.9 Å². The van der Waals surface area contributed by atoms with E-state index in [9.17, 15) is 14.7 Å². The summed E-state index contributed by atoms with van der Waals surface area (Å²) in [6, 6.07) is 8.98. The molecule has 6 nitrogen and oxygen atoms in total. The molecule has 0 bridgehead atoms. The third-order valence-corrected chi connectivity index (χ3v) is 4.05. The van der Waals surface area contributed by atoms with Crippen LogP contribution >= 0.6 is 0 Å². The summed E-state index contributed by atoms with van der Waals surface area (Å²) < 4.78 is 16.9. The number of aliphatic hydroxyl groups excluding tert-OH is 1. The molecule has 0 spiro atoms. The Bertz CT molecular complexity index is 782. The van der Waals surface area contributed by atoms with Crippen LogP contribution < -0.4 is 4.74 Å². The topological polar surface area (TPSA) is 82.1 Å². The van der Waals surface area contributed by atoms with Gasteiger partial charge in [0, 0.05) is 0 Å². The van der Waals surface area contributed by atoms with Gasteiger partial charge in [0.15, 0.2) is 23.8 Å². The first kappa shape index (κ1) is 24.0. The highest BCUT2D eigenvalue weighted by Crippen LogP contribution is 2.25. The lowest BCUT2D eigenvalue weighted by atomic mass is 10.1.